The third-order valence-corrected chi connectivity index (χ3v) is 3.09. The minimum absolute atomic E-state index is 0.140. The first kappa shape index (κ1) is 19.8. The van der Waals surface area contributed by atoms with Crippen LogP contribution in [0.3, 0.4) is 0 Å². The number of hydrogen-bond acceptors (Lipinski definition) is 5. The van der Waals surface area contributed by atoms with Crippen molar-refractivity contribution in [1.29, 1.82) is 0 Å². The van der Waals surface area contributed by atoms with E-state index in [1.54, 1.807) is 32.9 Å². The number of aromatic hydroxyl groups is 1. The van der Waals surface area contributed by atoms with Gasteiger partial charge in [-0.15, -0.1) is 0 Å². The van der Waals surface area contributed by atoms with Gasteiger partial charge in [0.05, 0.1) is 6.61 Å². The average Bonchev–Trinajstić information content (AvgIpc) is 2.47. The Morgan fingerprint density at radius 1 is 1.21 bits per heavy atom. The molecule has 0 bridgehead atoms. The maximum Gasteiger partial charge on any atom is 0.408 e. The molecular formula is C18H27NO5. The topological polar surface area (TPSA) is 84.9 Å². The van der Waals surface area contributed by atoms with Gasteiger partial charge in [0.2, 0.25) is 0 Å². The molecule has 1 rings (SSSR count). The smallest absolute Gasteiger partial charge is 0.408 e. The van der Waals surface area contributed by atoms with Crippen LogP contribution in [0.4, 0.5) is 4.79 Å². The van der Waals surface area contributed by atoms with E-state index in [1.165, 1.54) is 12.1 Å². The lowest BCUT2D eigenvalue weighted by molar-refractivity contribution is -0.146. The molecule has 6 heteroatoms. The van der Waals surface area contributed by atoms with Crippen LogP contribution in [0.25, 0.3) is 0 Å². The number of phenols is 1. The van der Waals surface area contributed by atoms with Crippen LogP contribution in [0.15, 0.2) is 24.3 Å². The lowest BCUT2D eigenvalue weighted by atomic mass is 10.1. The molecule has 24 heavy (non-hydrogen) atoms. The summed E-state index contributed by atoms with van der Waals surface area (Å²) in [4.78, 5) is 24.2. The van der Waals surface area contributed by atoms with E-state index < -0.39 is 23.7 Å². The van der Waals surface area contributed by atoms with Crippen molar-refractivity contribution in [3.05, 3.63) is 29.8 Å². The van der Waals surface area contributed by atoms with Crippen LogP contribution in [0, 0.1) is 0 Å². The summed E-state index contributed by atoms with van der Waals surface area (Å²) in [5.41, 5.74) is 0.139. The van der Waals surface area contributed by atoms with Crippen molar-refractivity contribution in [1.82, 2.24) is 5.32 Å². The summed E-state index contributed by atoms with van der Waals surface area (Å²) in [6.07, 6.45) is 1.27. The van der Waals surface area contributed by atoms with Crippen LogP contribution in [0.5, 0.6) is 5.75 Å². The van der Waals surface area contributed by atoms with Gasteiger partial charge in [0.1, 0.15) is 17.4 Å². The fourth-order valence-corrected chi connectivity index (χ4v) is 1.93. The SMILES string of the molecule is CCCCOC(=O)C(Cc1ccc(O)cc1)NC(=O)OC(C)(C)C. The van der Waals surface area contributed by atoms with Crippen molar-refractivity contribution in [2.75, 3.05) is 6.61 Å². The predicted molar refractivity (Wildman–Crippen MR) is 90.8 cm³/mol. The lowest BCUT2D eigenvalue weighted by Crippen LogP contribution is -2.45. The predicted octanol–water partition coefficient (Wildman–Crippen LogP) is 3.17. The van der Waals surface area contributed by atoms with Gasteiger partial charge in [-0.2, -0.15) is 0 Å². The molecule has 2 N–H and O–H groups in total. The number of carbonyl (C=O) groups is 2. The molecule has 1 unspecified atom stereocenters. The highest BCUT2D eigenvalue weighted by molar-refractivity contribution is 5.81. The van der Waals surface area contributed by atoms with E-state index in [-0.39, 0.29) is 12.2 Å². The number of amides is 1. The average molecular weight is 337 g/mol. The molecule has 0 aliphatic heterocycles. The van der Waals surface area contributed by atoms with E-state index in [1.807, 2.05) is 6.92 Å². The number of hydrogen-bond donors (Lipinski definition) is 2. The van der Waals surface area contributed by atoms with Gasteiger partial charge in [-0.3, -0.25) is 0 Å². The van der Waals surface area contributed by atoms with Gasteiger partial charge in [-0.25, -0.2) is 9.59 Å². The molecule has 0 heterocycles. The van der Waals surface area contributed by atoms with Crippen LogP contribution >= 0.6 is 0 Å². The van der Waals surface area contributed by atoms with Crippen LogP contribution < -0.4 is 5.32 Å². The molecule has 0 fully saturated rings. The number of carbonyl (C=O) groups excluding carboxylic acids is 2. The van der Waals surface area contributed by atoms with Gasteiger partial charge in [0, 0.05) is 6.42 Å². The Morgan fingerprint density at radius 3 is 2.38 bits per heavy atom. The normalized spacial score (nSPS) is 12.3. The fourth-order valence-electron chi connectivity index (χ4n) is 1.93. The first-order valence-corrected chi connectivity index (χ1v) is 8.15. The summed E-state index contributed by atoms with van der Waals surface area (Å²) in [5, 5.41) is 11.9. The number of alkyl carbamates (subject to hydrolysis) is 1. The van der Waals surface area contributed by atoms with Crippen molar-refractivity contribution < 1.29 is 24.2 Å². The van der Waals surface area contributed by atoms with Crippen LogP contribution in [-0.2, 0) is 20.7 Å². The highest BCUT2D eigenvalue weighted by Gasteiger charge is 2.25. The lowest BCUT2D eigenvalue weighted by Gasteiger charge is -2.23. The Morgan fingerprint density at radius 2 is 1.83 bits per heavy atom. The minimum atomic E-state index is -0.846. The molecule has 0 saturated heterocycles. The summed E-state index contributed by atoms with van der Waals surface area (Å²) < 4.78 is 10.4. The Labute approximate surface area is 143 Å². The minimum Gasteiger partial charge on any atom is -0.508 e. The molecule has 0 radical (unpaired) electrons. The van der Waals surface area contributed by atoms with Gasteiger partial charge < -0.3 is 19.9 Å². The highest BCUT2D eigenvalue weighted by Crippen LogP contribution is 2.13. The van der Waals surface area contributed by atoms with Crippen LogP contribution in [0.2, 0.25) is 0 Å². The van der Waals surface area contributed by atoms with Crippen molar-refractivity contribution >= 4 is 12.1 Å². The van der Waals surface area contributed by atoms with Crippen molar-refractivity contribution in [3.63, 3.8) is 0 Å². The standard InChI is InChI=1S/C18H27NO5/c1-5-6-11-23-16(21)15(19-17(22)24-18(2,3)4)12-13-7-9-14(20)10-8-13/h7-10,15,20H,5-6,11-12H2,1-4H3,(H,19,22). The molecule has 134 valence electrons. The quantitative estimate of drug-likeness (QED) is 0.590. The zero-order valence-corrected chi connectivity index (χ0v) is 14.8. The van der Waals surface area contributed by atoms with Crippen molar-refractivity contribution in [3.8, 4) is 5.75 Å². The molecular weight excluding hydrogens is 310 g/mol. The zero-order chi connectivity index (χ0) is 18.2. The van der Waals surface area contributed by atoms with Gasteiger partial charge in [-0.05, 0) is 44.9 Å². The van der Waals surface area contributed by atoms with E-state index in [9.17, 15) is 14.7 Å². The molecule has 6 nitrogen and oxygen atoms in total. The largest absolute Gasteiger partial charge is 0.508 e. The molecule has 0 saturated carbocycles. The molecule has 1 amide bonds. The van der Waals surface area contributed by atoms with E-state index in [0.717, 1.165) is 18.4 Å². The number of benzene rings is 1. The van der Waals surface area contributed by atoms with Crippen molar-refractivity contribution in [2.45, 2.75) is 58.6 Å². The van der Waals surface area contributed by atoms with Crippen LogP contribution in [0.1, 0.15) is 46.1 Å². The summed E-state index contributed by atoms with van der Waals surface area (Å²) in [6, 6.07) is 5.60. The van der Waals surface area contributed by atoms with Gasteiger partial charge >= 0.3 is 12.1 Å². The van der Waals surface area contributed by atoms with Gasteiger partial charge in [0.25, 0.3) is 0 Å². The Hall–Kier alpha value is -2.24. The van der Waals surface area contributed by atoms with E-state index in [0.29, 0.717) is 6.61 Å². The molecule has 0 spiro atoms. The summed E-state index contributed by atoms with van der Waals surface area (Å²) in [6.45, 7) is 7.57. The number of ether oxygens (including phenoxy) is 2. The molecule has 1 aromatic carbocycles. The molecule has 0 aliphatic rings. The first-order chi connectivity index (χ1) is 11.2. The third kappa shape index (κ3) is 7.85. The second kappa shape index (κ2) is 9.15. The number of unbranched alkanes of at least 4 members (excludes halogenated alkanes) is 1. The summed E-state index contributed by atoms with van der Waals surface area (Å²) in [5.74, 6) is -0.358. The second-order valence-corrected chi connectivity index (χ2v) is 6.59. The van der Waals surface area contributed by atoms with Gasteiger partial charge in [-0.1, -0.05) is 25.5 Å². The maximum absolute atomic E-state index is 12.2. The third-order valence-electron chi connectivity index (χ3n) is 3.09. The summed E-state index contributed by atoms with van der Waals surface area (Å²) >= 11 is 0. The fraction of sp³-hybridized carbons (Fsp3) is 0.556. The van der Waals surface area contributed by atoms with Crippen molar-refractivity contribution in [2.24, 2.45) is 0 Å². The molecule has 1 atom stereocenters. The number of rotatable bonds is 7. The van der Waals surface area contributed by atoms with E-state index >= 15 is 0 Å². The molecule has 0 aliphatic carbocycles. The van der Waals surface area contributed by atoms with Crippen LogP contribution in [-0.4, -0.2) is 35.4 Å². The van der Waals surface area contributed by atoms with E-state index in [4.69, 9.17) is 9.47 Å². The summed E-state index contributed by atoms with van der Waals surface area (Å²) in [7, 11) is 0. The Balaban J connectivity index is 2.76. The molecule has 1 aromatic rings. The maximum atomic E-state index is 12.2. The Bertz CT molecular complexity index is 533. The number of phenolic OH excluding ortho intramolecular Hbond substituents is 1. The Kier molecular flexibility index (Phi) is 7.55. The second-order valence-electron chi connectivity index (χ2n) is 6.59. The number of esters is 1. The first-order valence-electron chi connectivity index (χ1n) is 8.15. The monoisotopic (exact) mass is 337 g/mol. The highest BCUT2D eigenvalue weighted by atomic mass is 16.6. The number of nitrogens with one attached hydrogen (secondary N) is 1. The van der Waals surface area contributed by atoms with E-state index in [2.05, 4.69) is 5.32 Å². The van der Waals surface area contributed by atoms with Gasteiger partial charge in [0.15, 0.2) is 0 Å². The zero-order valence-electron chi connectivity index (χ0n) is 14.8. The molecule has 0 aromatic heterocycles.